The van der Waals surface area contributed by atoms with Crippen molar-refractivity contribution in [2.75, 3.05) is 0 Å². The Kier molecular flexibility index (Phi) is 3.19. The zero-order chi connectivity index (χ0) is 13.6. The van der Waals surface area contributed by atoms with Gasteiger partial charge in [0.15, 0.2) is 0 Å². The van der Waals surface area contributed by atoms with E-state index < -0.39 is 0 Å². The molecular weight excluding hydrogens is 375 g/mol. The summed E-state index contributed by atoms with van der Waals surface area (Å²) in [5, 5.41) is 0. The summed E-state index contributed by atoms with van der Waals surface area (Å²) in [6, 6.07) is 9.08. The highest BCUT2D eigenvalue weighted by Crippen LogP contribution is 2.31. The number of imidazole rings is 1. The number of rotatable bonds is 1. The van der Waals surface area contributed by atoms with E-state index in [0.29, 0.717) is 9.99 Å². The molecule has 3 rings (SSSR count). The molecule has 0 saturated heterocycles. The van der Waals surface area contributed by atoms with E-state index in [9.17, 15) is 4.39 Å². The molecule has 5 heteroatoms. The van der Waals surface area contributed by atoms with Gasteiger partial charge < -0.3 is 4.98 Å². The summed E-state index contributed by atoms with van der Waals surface area (Å²) in [6.45, 7) is 2.02. The van der Waals surface area contributed by atoms with Gasteiger partial charge in [-0.05, 0) is 50.4 Å². The number of aromatic nitrogens is 2. The van der Waals surface area contributed by atoms with Crippen molar-refractivity contribution in [3.8, 4) is 11.4 Å². The fourth-order valence-electron chi connectivity index (χ4n) is 1.96. The molecule has 0 spiro atoms. The molecule has 0 fully saturated rings. The van der Waals surface area contributed by atoms with Crippen molar-refractivity contribution in [1.82, 2.24) is 9.97 Å². The van der Waals surface area contributed by atoms with Crippen molar-refractivity contribution >= 4 is 42.9 Å². The van der Waals surface area contributed by atoms with Gasteiger partial charge in [0.05, 0.1) is 15.5 Å². The molecule has 0 saturated carbocycles. The van der Waals surface area contributed by atoms with E-state index in [-0.39, 0.29) is 5.82 Å². The molecule has 19 heavy (non-hydrogen) atoms. The summed E-state index contributed by atoms with van der Waals surface area (Å²) in [4.78, 5) is 7.65. The Morgan fingerprint density at radius 2 is 2.00 bits per heavy atom. The molecule has 0 unspecified atom stereocenters. The molecule has 1 aromatic heterocycles. The fraction of sp³-hybridized carbons (Fsp3) is 0.0714. The van der Waals surface area contributed by atoms with Gasteiger partial charge in [-0.1, -0.05) is 18.2 Å². The lowest BCUT2D eigenvalue weighted by Crippen LogP contribution is -1.84. The molecule has 0 aliphatic heterocycles. The minimum absolute atomic E-state index is 0.300. The standard InChI is InChI=1S/C14H9Br2FN2/c1-7-3-2-4-8(13(7)16)14-18-11-5-9(15)10(17)6-12(11)19-14/h2-6H,1H3,(H,18,19). The summed E-state index contributed by atoms with van der Waals surface area (Å²) < 4.78 is 14.9. The second-order valence-electron chi connectivity index (χ2n) is 4.31. The Morgan fingerprint density at radius 1 is 1.21 bits per heavy atom. The van der Waals surface area contributed by atoms with Crippen LogP contribution in [0.5, 0.6) is 0 Å². The number of nitrogens with zero attached hydrogens (tertiary/aromatic N) is 1. The molecule has 0 atom stereocenters. The van der Waals surface area contributed by atoms with E-state index in [2.05, 4.69) is 41.8 Å². The lowest BCUT2D eigenvalue weighted by Gasteiger charge is -2.03. The number of halogens is 3. The van der Waals surface area contributed by atoms with Gasteiger partial charge in [-0.15, -0.1) is 0 Å². The van der Waals surface area contributed by atoms with E-state index in [1.165, 1.54) is 6.07 Å². The zero-order valence-electron chi connectivity index (χ0n) is 9.97. The third-order valence-corrected chi connectivity index (χ3v) is 4.63. The van der Waals surface area contributed by atoms with Crippen molar-refractivity contribution in [2.24, 2.45) is 0 Å². The van der Waals surface area contributed by atoms with Crippen LogP contribution in [0.15, 0.2) is 39.3 Å². The van der Waals surface area contributed by atoms with Crippen molar-refractivity contribution in [1.29, 1.82) is 0 Å². The van der Waals surface area contributed by atoms with Crippen molar-refractivity contribution in [3.05, 3.63) is 50.7 Å². The van der Waals surface area contributed by atoms with E-state index in [0.717, 1.165) is 26.9 Å². The van der Waals surface area contributed by atoms with E-state index >= 15 is 0 Å². The first-order valence-electron chi connectivity index (χ1n) is 5.66. The van der Waals surface area contributed by atoms with Crippen molar-refractivity contribution in [3.63, 3.8) is 0 Å². The summed E-state index contributed by atoms with van der Waals surface area (Å²) in [5.74, 6) is 0.425. The highest BCUT2D eigenvalue weighted by Gasteiger charge is 2.11. The Hall–Kier alpha value is -1.20. The third-order valence-electron chi connectivity index (χ3n) is 2.97. The number of benzene rings is 2. The molecular formula is C14H9Br2FN2. The molecule has 96 valence electrons. The quantitative estimate of drug-likeness (QED) is 0.614. The van der Waals surface area contributed by atoms with Crippen LogP contribution in [-0.2, 0) is 0 Å². The van der Waals surface area contributed by atoms with Gasteiger partial charge in [0.2, 0.25) is 0 Å². The Bertz CT molecular complexity index is 741. The highest BCUT2D eigenvalue weighted by atomic mass is 79.9. The molecule has 3 aromatic rings. The van der Waals surface area contributed by atoms with Crippen molar-refractivity contribution in [2.45, 2.75) is 6.92 Å². The molecule has 1 N–H and O–H groups in total. The van der Waals surface area contributed by atoms with Gasteiger partial charge >= 0.3 is 0 Å². The number of aromatic amines is 1. The lowest BCUT2D eigenvalue weighted by atomic mass is 10.1. The summed E-state index contributed by atoms with van der Waals surface area (Å²) in [7, 11) is 0. The largest absolute Gasteiger partial charge is 0.338 e. The van der Waals surface area contributed by atoms with Gasteiger partial charge in [-0.25, -0.2) is 9.37 Å². The third kappa shape index (κ3) is 2.21. The van der Waals surface area contributed by atoms with Gasteiger partial charge in [0, 0.05) is 16.1 Å². The topological polar surface area (TPSA) is 28.7 Å². The molecule has 0 bridgehead atoms. The second-order valence-corrected chi connectivity index (χ2v) is 5.95. The van der Waals surface area contributed by atoms with Crippen LogP contribution in [0.3, 0.4) is 0 Å². The number of H-pyrrole nitrogens is 1. The smallest absolute Gasteiger partial charge is 0.139 e. The normalized spacial score (nSPS) is 11.2. The highest BCUT2D eigenvalue weighted by molar-refractivity contribution is 9.10. The van der Waals surface area contributed by atoms with Crippen molar-refractivity contribution < 1.29 is 4.39 Å². The summed E-state index contributed by atoms with van der Waals surface area (Å²) >= 11 is 6.73. The van der Waals surface area contributed by atoms with E-state index in [1.807, 2.05) is 25.1 Å². The van der Waals surface area contributed by atoms with Crippen LogP contribution in [0.25, 0.3) is 22.4 Å². The minimum Gasteiger partial charge on any atom is -0.338 e. The first-order valence-corrected chi connectivity index (χ1v) is 7.25. The Labute approximate surface area is 126 Å². The predicted molar refractivity (Wildman–Crippen MR) is 81.6 cm³/mol. The number of aryl methyl sites for hydroxylation is 1. The average Bonchev–Trinajstić information content (AvgIpc) is 2.76. The molecule has 0 radical (unpaired) electrons. The van der Waals surface area contributed by atoms with Crippen LogP contribution in [0.4, 0.5) is 4.39 Å². The van der Waals surface area contributed by atoms with E-state index in [4.69, 9.17) is 0 Å². The summed E-state index contributed by atoms with van der Waals surface area (Å²) in [6.07, 6.45) is 0. The van der Waals surface area contributed by atoms with Crippen LogP contribution < -0.4 is 0 Å². The summed E-state index contributed by atoms with van der Waals surface area (Å²) in [5.41, 5.74) is 3.51. The monoisotopic (exact) mass is 382 g/mol. The number of fused-ring (bicyclic) bond motifs is 1. The number of hydrogen-bond acceptors (Lipinski definition) is 1. The molecule has 0 aliphatic carbocycles. The first kappa shape index (κ1) is 12.8. The van der Waals surface area contributed by atoms with Crippen LogP contribution in [0.2, 0.25) is 0 Å². The fourth-order valence-corrected chi connectivity index (χ4v) is 2.75. The molecule has 1 heterocycles. The maximum absolute atomic E-state index is 13.5. The van der Waals surface area contributed by atoms with Crippen LogP contribution in [0.1, 0.15) is 5.56 Å². The number of hydrogen-bond donors (Lipinski definition) is 1. The molecule has 2 aromatic carbocycles. The maximum Gasteiger partial charge on any atom is 0.139 e. The minimum atomic E-state index is -0.300. The lowest BCUT2D eigenvalue weighted by molar-refractivity contribution is 0.623. The number of nitrogens with one attached hydrogen (secondary N) is 1. The van der Waals surface area contributed by atoms with Crippen LogP contribution in [-0.4, -0.2) is 9.97 Å². The van der Waals surface area contributed by atoms with Gasteiger partial charge in [-0.3, -0.25) is 0 Å². The van der Waals surface area contributed by atoms with Gasteiger partial charge in [0.25, 0.3) is 0 Å². The van der Waals surface area contributed by atoms with E-state index in [1.54, 1.807) is 6.07 Å². The SMILES string of the molecule is Cc1cccc(-c2nc3cc(Br)c(F)cc3[nH]2)c1Br. The van der Waals surface area contributed by atoms with Gasteiger partial charge in [0.1, 0.15) is 11.6 Å². The molecule has 2 nitrogen and oxygen atoms in total. The average molecular weight is 384 g/mol. The van der Waals surface area contributed by atoms with Crippen LogP contribution >= 0.6 is 31.9 Å². The molecule has 0 aliphatic rings. The first-order chi connectivity index (χ1) is 9.06. The Balaban J connectivity index is 2.23. The second kappa shape index (κ2) is 4.72. The maximum atomic E-state index is 13.5. The predicted octanol–water partition coefficient (Wildman–Crippen LogP) is 5.20. The molecule has 0 amide bonds. The zero-order valence-corrected chi connectivity index (χ0v) is 13.1. The van der Waals surface area contributed by atoms with Crippen LogP contribution in [0, 0.1) is 12.7 Å². The Morgan fingerprint density at radius 3 is 2.79 bits per heavy atom. The van der Waals surface area contributed by atoms with Gasteiger partial charge in [-0.2, -0.15) is 0 Å².